The Morgan fingerprint density at radius 3 is 2.44 bits per heavy atom. The number of hydroxylamine groups is 2. The minimum absolute atomic E-state index is 0.0172. The fourth-order valence-corrected chi connectivity index (χ4v) is 8.04. The van der Waals surface area contributed by atoms with Gasteiger partial charge >= 0.3 is 5.97 Å². The largest absolute Gasteiger partial charge is 0.478 e. The van der Waals surface area contributed by atoms with Crippen LogP contribution in [0.4, 0.5) is 0 Å². The minimum Gasteiger partial charge on any atom is -0.478 e. The summed E-state index contributed by atoms with van der Waals surface area (Å²) in [6.45, 7) is 0. The molecule has 9 heteroatoms. The van der Waals surface area contributed by atoms with Crippen molar-refractivity contribution in [1.29, 1.82) is 0 Å². The molecule has 1 aromatic heterocycles. The Labute approximate surface area is 249 Å². The van der Waals surface area contributed by atoms with Crippen molar-refractivity contribution < 1.29 is 19.3 Å². The number of aromatic carboxylic acids is 1. The Hall–Kier alpha value is -2.87. The number of hydrogen-bond donors (Lipinski definition) is 1. The number of aromatic nitrogens is 1. The Bertz CT molecular complexity index is 1500. The molecule has 7 nitrogen and oxygen atoms in total. The van der Waals surface area contributed by atoms with Crippen molar-refractivity contribution in [3.05, 3.63) is 75.0 Å². The molecule has 3 saturated carbocycles. The lowest BCUT2D eigenvalue weighted by Gasteiger charge is -2.27. The maximum Gasteiger partial charge on any atom is 0.335 e. The van der Waals surface area contributed by atoms with E-state index in [1.807, 2.05) is 37.4 Å². The number of benzene rings is 2. The predicted molar refractivity (Wildman–Crippen MR) is 157 cm³/mol. The van der Waals surface area contributed by atoms with Gasteiger partial charge < -0.3 is 14.5 Å². The molecule has 41 heavy (non-hydrogen) atoms. The summed E-state index contributed by atoms with van der Waals surface area (Å²) in [6.07, 6.45) is 10.8. The van der Waals surface area contributed by atoms with E-state index in [0.29, 0.717) is 21.4 Å². The second-order valence-electron chi connectivity index (χ2n) is 12.4. The molecule has 3 aromatic rings. The molecule has 1 aliphatic heterocycles. The van der Waals surface area contributed by atoms with E-state index in [9.17, 15) is 9.90 Å². The van der Waals surface area contributed by atoms with E-state index in [2.05, 4.69) is 5.16 Å². The molecule has 0 saturated heterocycles. The number of hydrogen-bond acceptors (Lipinski definition) is 6. The monoisotopic (exact) mass is 593 g/mol. The number of halogens is 2. The fraction of sp³-hybridized carbons (Fsp3) is 0.469. The van der Waals surface area contributed by atoms with E-state index >= 15 is 0 Å². The predicted octanol–water partition coefficient (Wildman–Crippen LogP) is 8.47. The number of nitrogens with zero attached hydrogens (tertiary/aromatic N) is 3. The number of rotatable bonds is 9. The smallest absolute Gasteiger partial charge is 0.335 e. The number of carboxylic acids is 1. The van der Waals surface area contributed by atoms with Crippen molar-refractivity contribution in [2.24, 2.45) is 15.8 Å². The quantitative estimate of drug-likeness (QED) is 0.267. The van der Waals surface area contributed by atoms with Gasteiger partial charge in [0.2, 0.25) is 5.90 Å². The molecule has 3 fully saturated rings. The van der Waals surface area contributed by atoms with Crippen molar-refractivity contribution in [3.63, 3.8) is 0 Å². The van der Waals surface area contributed by atoms with Gasteiger partial charge in [0, 0.05) is 29.5 Å². The Balaban J connectivity index is 1.06. The summed E-state index contributed by atoms with van der Waals surface area (Å²) >= 11 is 13.1. The zero-order valence-electron chi connectivity index (χ0n) is 23.0. The van der Waals surface area contributed by atoms with E-state index in [0.717, 1.165) is 79.8 Å². The van der Waals surface area contributed by atoms with Gasteiger partial charge in [-0.05, 0) is 99.5 Å². The summed E-state index contributed by atoms with van der Waals surface area (Å²) in [5, 5.41) is 16.7. The second-order valence-corrected chi connectivity index (χ2v) is 13.2. The van der Waals surface area contributed by atoms with Gasteiger partial charge in [-0.25, -0.2) is 9.79 Å². The first-order valence-electron chi connectivity index (χ1n) is 14.5. The van der Waals surface area contributed by atoms with Crippen molar-refractivity contribution >= 4 is 35.1 Å². The number of fused-ring (bicyclic) bond motifs is 2. The van der Waals surface area contributed by atoms with Crippen LogP contribution in [-0.2, 0) is 11.3 Å². The molecule has 0 spiro atoms. The molecule has 0 amide bonds. The van der Waals surface area contributed by atoms with E-state index in [1.54, 1.807) is 17.2 Å². The first-order valence-corrected chi connectivity index (χ1v) is 15.3. The highest BCUT2D eigenvalue weighted by atomic mass is 35.5. The molecule has 1 atom stereocenters. The first-order chi connectivity index (χ1) is 19.8. The van der Waals surface area contributed by atoms with Crippen LogP contribution in [-0.4, -0.2) is 34.2 Å². The lowest BCUT2D eigenvalue weighted by molar-refractivity contribution is -0.0665. The molecule has 3 aliphatic carbocycles. The average molecular weight is 595 g/mol. The van der Waals surface area contributed by atoms with Crippen LogP contribution in [0.15, 0.2) is 52.0 Å². The summed E-state index contributed by atoms with van der Waals surface area (Å²) in [7, 11) is 1.90. The van der Waals surface area contributed by atoms with Crippen LogP contribution >= 0.6 is 23.2 Å². The van der Waals surface area contributed by atoms with E-state index < -0.39 is 5.97 Å². The molecular formula is C32H33Cl2N3O4. The van der Waals surface area contributed by atoms with Gasteiger partial charge in [-0.3, -0.25) is 0 Å². The van der Waals surface area contributed by atoms with Crippen molar-refractivity contribution in [1.82, 2.24) is 10.2 Å². The highest BCUT2D eigenvalue weighted by Crippen LogP contribution is 2.65. The number of aliphatic imine (C=N–C) groups is 1. The average Bonchev–Trinajstić information content (AvgIpc) is 3.27. The molecule has 214 valence electrons. The van der Waals surface area contributed by atoms with Gasteiger partial charge in [-0.15, -0.1) is 5.06 Å². The van der Waals surface area contributed by atoms with Crippen molar-refractivity contribution in [2.75, 3.05) is 7.05 Å². The fourth-order valence-electron chi connectivity index (χ4n) is 7.47. The molecule has 2 bridgehead atoms. The highest BCUT2D eigenvalue weighted by Gasteiger charge is 2.58. The maximum atomic E-state index is 11.3. The normalized spacial score (nSPS) is 27.3. The third-order valence-electron chi connectivity index (χ3n) is 9.81. The van der Waals surface area contributed by atoms with Gasteiger partial charge in [-0.1, -0.05) is 46.6 Å². The van der Waals surface area contributed by atoms with Gasteiger partial charge in [0.05, 0.1) is 15.6 Å². The van der Waals surface area contributed by atoms with Crippen molar-refractivity contribution in [2.45, 2.75) is 76.3 Å². The molecule has 1 N–H and O–H groups in total. The number of carbonyl (C=O) groups is 1. The molecule has 0 radical (unpaired) electrons. The van der Waals surface area contributed by atoms with E-state index in [-0.39, 0.29) is 17.1 Å². The topological polar surface area (TPSA) is 88.2 Å². The maximum absolute atomic E-state index is 11.3. The third kappa shape index (κ3) is 4.76. The molecule has 2 heterocycles. The Morgan fingerprint density at radius 2 is 1.78 bits per heavy atom. The molecule has 4 aliphatic rings. The van der Waals surface area contributed by atoms with Gasteiger partial charge in [-0.2, -0.15) is 0 Å². The minimum atomic E-state index is -0.930. The van der Waals surface area contributed by atoms with E-state index in [4.69, 9.17) is 37.6 Å². The Morgan fingerprint density at radius 1 is 1.07 bits per heavy atom. The summed E-state index contributed by atoms with van der Waals surface area (Å²) in [4.78, 5) is 22.6. The summed E-state index contributed by atoms with van der Waals surface area (Å²) < 4.78 is 5.89. The summed E-state index contributed by atoms with van der Waals surface area (Å²) in [6, 6.07) is 12.5. The zero-order chi connectivity index (χ0) is 28.4. The summed E-state index contributed by atoms with van der Waals surface area (Å²) in [5.74, 6) is 1.39. The van der Waals surface area contributed by atoms with Crippen LogP contribution in [0.2, 0.25) is 10.0 Å². The van der Waals surface area contributed by atoms with Crippen LogP contribution in [0.3, 0.4) is 0 Å². The van der Waals surface area contributed by atoms with Gasteiger partial charge in [0.25, 0.3) is 0 Å². The standard InChI is InChI=1S/C32H33Cl2N3O4/c1-37-28(20-9-11-21(12-10-20)29(38)39)35-30(41-37)32-16-14-31(18-32,15-17-32)13-3-4-22-26(36-40-27(22)19-7-8-19)25-23(33)5-2-6-24(25)34/h2,5-6,9-12,19,28H,3-4,7-8,13-18H2,1H3,(H,38,39). The van der Waals surface area contributed by atoms with Crippen LogP contribution in [0, 0.1) is 10.8 Å². The van der Waals surface area contributed by atoms with Crippen LogP contribution in [0.1, 0.15) is 97.1 Å². The highest BCUT2D eigenvalue weighted by molar-refractivity contribution is 6.39. The van der Waals surface area contributed by atoms with Gasteiger partial charge in [0.1, 0.15) is 11.5 Å². The Kier molecular flexibility index (Phi) is 6.68. The SMILES string of the molecule is CN1OC(C23CCC(CCCc4c(-c5c(Cl)cccc5Cl)noc4C4CC4)(CC2)C3)=NC1c1ccc(C(=O)O)cc1. The summed E-state index contributed by atoms with van der Waals surface area (Å²) in [5.41, 5.74) is 4.22. The molecule has 7 rings (SSSR count). The number of carboxylic acid groups (broad SMARTS) is 1. The molecular weight excluding hydrogens is 561 g/mol. The van der Waals surface area contributed by atoms with Gasteiger partial charge in [0.15, 0.2) is 6.17 Å². The van der Waals surface area contributed by atoms with Crippen molar-refractivity contribution in [3.8, 4) is 11.3 Å². The lowest BCUT2D eigenvalue weighted by atomic mass is 9.78. The second kappa shape index (κ2) is 10.1. The van der Waals surface area contributed by atoms with E-state index in [1.165, 1.54) is 18.4 Å². The molecule has 1 unspecified atom stereocenters. The third-order valence-corrected chi connectivity index (χ3v) is 10.4. The molecule has 2 aromatic carbocycles. The zero-order valence-corrected chi connectivity index (χ0v) is 24.5. The van der Waals surface area contributed by atoms with Crippen LogP contribution in [0.5, 0.6) is 0 Å². The lowest BCUT2D eigenvalue weighted by Crippen LogP contribution is -2.29. The van der Waals surface area contributed by atoms with Crippen LogP contribution in [0.25, 0.3) is 11.3 Å². The van der Waals surface area contributed by atoms with Crippen LogP contribution < -0.4 is 0 Å². The first kappa shape index (κ1) is 27.0.